The first-order chi connectivity index (χ1) is 15.7. The molecular weight excluding hydrogens is 427 g/mol. The Morgan fingerprint density at radius 2 is 2.12 bits per heavy atom. The van der Waals surface area contributed by atoms with Gasteiger partial charge in [-0.05, 0) is 54.4 Å². The van der Waals surface area contributed by atoms with Gasteiger partial charge in [-0.15, -0.1) is 0 Å². The Morgan fingerprint density at radius 1 is 1.33 bits per heavy atom. The Balaban J connectivity index is 1.36. The highest BCUT2D eigenvalue weighted by molar-refractivity contribution is 6.01. The summed E-state index contributed by atoms with van der Waals surface area (Å²) in [5.41, 5.74) is 0.728. The molecule has 1 saturated carbocycles. The van der Waals surface area contributed by atoms with Gasteiger partial charge in [-0.2, -0.15) is 0 Å². The van der Waals surface area contributed by atoms with E-state index < -0.39 is 17.9 Å². The largest absolute Gasteiger partial charge is 0.356 e. The predicted molar refractivity (Wildman–Crippen MR) is 118 cm³/mol. The van der Waals surface area contributed by atoms with Gasteiger partial charge in [0.15, 0.2) is 0 Å². The molecule has 2 aliphatic heterocycles. The van der Waals surface area contributed by atoms with E-state index in [2.05, 4.69) is 29.5 Å². The van der Waals surface area contributed by atoms with Crippen LogP contribution in [0, 0.1) is 29.0 Å². The lowest BCUT2D eigenvalue weighted by Gasteiger charge is -2.30. The van der Waals surface area contributed by atoms with E-state index in [1.54, 1.807) is 17.0 Å². The number of aldehydes is 1. The number of likely N-dealkylation sites (tertiary alicyclic amines) is 1. The van der Waals surface area contributed by atoms with Gasteiger partial charge in [0.2, 0.25) is 11.8 Å². The quantitative estimate of drug-likeness (QED) is 0.576. The fourth-order valence-corrected chi connectivity index (χ4v) is 5.76. The molecule has 0 bridgehead atoms. The lowest BCUT2D eigenvalue weighted by atomic mass is 9.97. The molecule has 0 unspecified atom stereocenters. The first kappa shape index (κ1) is 21.6. The maximum atomic E-state index is 13.6. The number of hydrogen-bond acceptors (Lipinski definition) is 4. The highest BCUT2D eigenvalue weighted by Gasteiger charge is 2.69. The van der Waals surface area contributed by atoms with Crippen molar-refractivity contribution in [2.24, 2.45) is 23.2 Å². The zero-order valence-corrected chi connectivity index (χ0v) is 18.6. The van der Waals surface area contributed by atoms with Crippen LogP contribution in [0.25, 0.3) is 10.9 Å². The maximum Gasteiger partial charge on any atom is 0.271 e. The third-order valence-electron chi connectivity index (χ3n) is 7.75. The average Bonchev–Trinajstić information content (AvgIpc) is 3.28. The van der Waals surface area contributed by atoms with E-state index in [9.17, 15) is 23.6 Å². The van der Waals surface area contributed by atoms with Crippen molar-refractivity contribution in [3.63, 3.8) is 0 Å². The molecule has 3 N–H and O–H groups in total. The SMILES string of the molecule is CC1(C)[C@@H]2[C@@H](C(=O)N[C@H](C=O)C[C@@H]3CCNC3=O)N(C(=O)c3cc4ccc(F)cc4[nH]3)C[C@@H]21. The number of carbonyl (C=O) groups is 4. The number of piperidine rings is 1. The molecule has 2 saturated heterocycles. The third-order valence-corrected chi connectivity index (χ3v) is 7.75. The zero-order chi connectivity index (χ0) is 23.5. The number of hydrogen-bond donors (Lipinski definition) is 3. The van der Waals surface area contributed by atoms with Crippen LogP contribution in [0.4, 0.5) is 4.39 Å². The summed E-state index contributed by atoms with van der Waals surface area (Å²) in [6, 6.07) is 4.42. The number of nitrogens with zero attached hydrogens (tertiary/aromatic N) is 1. The Hall–Kier alpha value is -3.23. The first-order valence-corrected chi connectivity index (χ1v) is 11.3. The van der Waals surface area contributed by atoms with Crippen LogP contribution in [0.15, 0.2) is 24.3 Å². The molecule has 1 aliphatic carbocycles. The molecule has 3 heterocycles. The van der Waals surface area contributed by atoms with Crippen LogP contribution in [0.2, 0.25) is 0 Å². The highest BCUT2D eigenvalue weighted by atomic mass is 19.1. The summed E-state index contributed by atoms with van der Waals surface area (Å²) in [7, 11) is 0. The van der Waals surface area contributed by atoms with Gasteiger partial charge in [0.05, 0.1) is 6.04 Å². The topological polar surface area (TPSA) is 111 Å². The lowest BCUT2D eigenvalue weighted by Crippen LogP contribution is -2.52. The second kappa shape index (κ2) is 7.67. The molecule has 2 aromatic rings. The summed E-state index contributed by atoms with van der Waals surface area (Å²) >= 11 is 0. The van der Waals surface area contributed by atoms with Crippen LogP contribution >= 0.6 is 0 Å². The minimum Gasteiger partial charge on any atom is -0.356 e. The summed E-state index contributed by atoms with van der Waals surface area (Å²) in [6.07, 6.45) is 1.53. The van der Waals surface area contributed by atoms with Gasteiger partial charge in [-0.3, -0.25) is 14.4 Å². The van der Waals surface area contributed by atoms with E-state index in [0.717, 1.165) is 0 Å². The van der Waals surface area contributed by atoms with Crippen LogP contribution in [0.5, 0.6) is 0 Å². The number of H-pyrrole nitrogens is 1. The smallest absolute Gasteiger partial charge is 0.271 e. The Morgan fingerprint density at radius 3 is 2.82 bits per heavy atom. The maximum absolute atomic E-state index is 13.6. The molecule has 1 aromatic carbocycles. The number of amides is 3. The van der Waals surface area contributed by atoms with Gasteiger partial charge in [0.1, 0.15) is 23.8 Å². The molecule has 0 radical (unpaired) electrons. The monoisotopic (exact) mass is 454 g/mol. The molecule has 3 aliphatic rings. The third kappa shape index (κ3) is 3.59. The molecule has 3 amide bonds. The summed E-state index contributed by atoms with van der Waals surface area (Å²) < 4.78 is 13.6. The molecule has 33 heavy (non-hydrogen) atoms. The minimum absolute atomic E-state index is 0.00893. The lowest BCUT2D eigenvalue weighted by molar-refractivity contribution is -0.129. The fourth-order valence-electron chi connectivity index (χ4n) is 5.76. The van der Waals surface area contributed by atoms with E-state index in [1.807, 2.05) is 0 Å². The summed E-state index contributed by atoms with van der Waals surface area (Å²) in [6.45, 7) is 5.17. The molecule has 0 spiro atoms. The minimum atomic E-state index is -0.791. The number of aromatic nitrogens is 1. The van der Waals surface area contributed by atoms with Crippen molar-refractivity contribution in [1.29, 1.82) is 0 Å². The van der Waals surface area contributed by atoms with Gasteiger partial charge < -0.3 is 25.3 Å². The Kier molecular flexibility index (Phi) is 5.02. The number of halogens is 1. The molecule has 5 atom stereocenters. The number of fused-ring (bicyclic) bond motifs is 2. The Labute approximate surface area is 190 Å². The number of rotatable bonds is 6. The number of benzene rings is 1. The first-order valence-electron chi connectivity index (χ1n) is 11.3. The summed E-state index contributed by atoms with van der Waals surface area (Å²) in [5, 5.41) is 6.23. The zero-order valence-electron chi connectivity index (χ0n) is 18.6. The van der Waals surface area contributed by atoms with Gasteiger partial charge >= 0.3 is 0 Å². The molecule has 174 valence electrons. The van der Waals surface area contributed by atoms with Crippen molar-refractivity contribution in [2.75, 3.05) is 13.1 Å². The summed E-state index contributed by atoms with van der Waals surface area (Å²) in [5.74, 6) is -1.34. The van der Waals surface area contributed by atoms with Crippen molar-refractivity contribution in [2.45, 2.75) is 38.8 Å². The van der Waals surface area contributed by atoms with Gasteiger partial charge in [0.25, 0.3) is 5.91 Å². The molecular formula is C24H27FN4O4. The second-order valence-corrected chi connectivity index (χ2v) is 10.0. The molecule has 9 heteroatoms. The number of aromatic amines is 1. The van der Waals surface area contributed by atoms with Gasteiger partial charge in [-0.25, -0.2) is 4.39 Å². The molecule has 3 fully saturated rings. The number of carbonyl (C=O) groups excluding carboxylic acids is 4. The van der Waals surface area contributed by atoms with Crippen molar-refractivity contribution in [3.05, 3.63) is 35.8 Å². The van der Waals surface area contributed by atoms with E-state index >= 15 is 0 Å². The Bertz CT molecular complexity index is 1160. The van der Waals surface area contributed by atoms with Gasteiger partial charge in [0, 0.05) is 29.9 Å². The van der Waals surface area contributed by atoms with Crippen LogP contribution in [0.3, 0.4) is 0 Å². The standard InChI is InChI=1S/C24H27FN4O4/c1-24(2)16-10-29(23(33)18-8-12-3-4-14(25)9-17(12)28-18)20(19(16)24)22(32)27-15(11-30)7-13-5-6-26-21(13)31/h3-4,8-9,11,13,15-16,19-20,28H,5-7,10H2,1-2H3,(H,26,31)(H,27,32)/t13-,15-,16-,19-,20-/m0/s1. The van der Waals surface area contributed by atoms with E-state index in [0.29, 0.717) is 42.4 Å². The normalized spacial score (nSPS) is 28.3. The van der Waals surface area contributed by atoms with Crippen LogP contribution in [-0.2, 0) is 14.4 Å². The predicted octanol–water partition coefficient (Wildman–Crippen LogP) is 1.61. The molecule has 1 aromatic heterocycles. The summed E-state index contributed by atoms with van der Waals surface area (Å²) in [4.78, 5) is 54.8. The second-order valence-electron chi connectivity index (χ2n) is 10.0. The van der Waals surface area contributed by atoms with Gasteiger partial charge in [-0.1, -0.05) is 13.8 Å². The molecule has 5 rings (SSSR count). The van der Waals surface area contributed by atoms with Crippen molar-refractivity contribution in [1.82, 2.24) is 20.5 Å². The van der Waals surface area contributed by atoms with E-state index in [1.165, 1.54) is 12.1 Å². The van der Waals surface area contributed by atoms with E-state index in [4.69, 9.17) is 0 Å². The van der Waals surface area contributed by atoms with Crippen molar-refractivity contribution in [3.8, 4) is 0 Å². The number of nitrogens with one attached hydrogen (secondary N) is 3. The highest BCUT2D eigenvalue weighted by Crippen LogP contribution is 2.65. The fraction of sp³-hybridized carbons (Fsp3) is 0.500. The van der Waals surface area contributed by atoms with Crippen LogP contribution < -0.4 is 10.6 Å². The van der Waals surface area contributed by atoms with Crippen LogP contribution in [0.1, 0.15) is 37.2 Å². The van der Waals surface area contributed by atoms with Crippen molar-refractivity contribution >= 4 is 34.9 Å². The van der Waals surface area contributed by atoms with E-state index in [-0.39, 0.29) is 47.3 Å². The van der Waals surface area contributed by atoms with Crippen LogP contribution in [-0.4, -0.2) is 59.1 Å². The van der Waals surface area contributed by atoms with Crippen molar-refractivity contribution < 1.29 is 23.6 Å². The molecule has 8 nitrogen and oxygen atoms in total. The average molecular weight is 455 g/mol.